The molecule has 14 heavy (non-hydrogen) atoms. The van der Waals surface area contributed by atoms with Gasteiger partial charge in [-0.15, -0.1) is 0 Å². The van der Waals surface area contributed by atoms with E-state index < -0.39 is 5.60 Å². The standard InChI is InChI=1S/C13H18O/c1-11-7-3-4-8-12(11)13(14)9-5-2-6-10-13/h3-4,7-8,14H,2,5-6,9-10H2,1H3. The van der Waals surface area contributed by atoms with Gasteiger partial charge in [-0.05, 0) is 30.9 Å². The maximum absolute atomic E-state index is 10.5. The topological polar surface area (TPSA) is 20.2 Å². The van der Waals surface area contributed by atoms with Gasteiger partial charge in [0.1, 0.15) is 0 Å². The normalized spacial score (nSPS) is 20.7. The van der Waals surface area contributed by atoms with Gasteiger partial charge in [-0.2, -0.15) is 0 Å². The summed E-state index contributed by atoms with van der Waals surface area (Å²) in [4.78, 5) is 0. The first-order valence-corrected chi connectivity index (χ1v) is 5.51. The van der Waals surface area contributed by atoms with Crippen molar-refractivity contribution in [3.63, 3.8) is 0 Å². The molecule has 0 aromatic heterocycles. The van der Waals surface area contributed by atoms with Crippen LogP contribution in [0.25, 0.3) is 0 Å². The summed E-state index contributed by atoms with van der Waals surface area (Å²) in [6.45, 7) is 2.09. The molecule has 2 rings (SSSR count). The van der Waals surface area contributed by atoms with Gasteiger partial charge in [0.2, 0.25) is 0 Å². The Bertz CT molecular complexity index is 311. The van der Waals surface area contributed by atoms with Crippen molar-refractivity contribution in [2.75, 3.05) is 0 Å². The third-order valence-electron chi connectivity index (χ3n) is 3.33. The molecule has 1 heteroatoms. The van der Waals surface area contributed by atoms with Crippen molar-refractivity contribution in [1.82, 2.24) is 0 Å². The second kappa shape index (κ2) is 3.74. The summed E-state index contributed by atoms with van der Waals surface area (Å²) in [5.74, 6) is 0. The van der Waals surface area contributed by atoms with Crippen LogP contribution in [0.15, 0.2) is 24.3 Å². The Morgan fingerprint density at radius 2 is 1.71 bits per heavy atom. The summed E-state index contributed by atoms with van der Waals surface area (Å²) < 4.78 is 0. The van der Waals surface area contributed by atoms with Crippen molar-refractivity contribution in [3.8, 4) is 0 Å². The maximum Gasteiger partial charge on any atom is 0.0899 e. The van der Waals surface area contributed by atoms with Crippen molar-refractivity contribution in [2.24, 2.45) is 0 Å². The molecule has 0 radical (unpaired) electrons. The monoisotopic (exact) mass is 190 g/mol. The second-order valence-corrected chi connectivity index (χ2v) is 4.41. The minimum absolute atomic E-state index is 0.538. The van der Waals surface area contributed by atoms with E-state index in [-0.39, 0.29) is 0 Å². The van der Waals surface area contributed by atoms with E-state index in [0.29, 0.717) is 0 Å². The SMILES string of the molecule is Cc1ccccc1C1(O)CCCCC1. The Morgan fingerprint density at radius 3 is 2.36 bits per heavy atom. The lowest BCUT2D eigenvalue weighted by atomic mass is 9.78. The van der Waals surface area contributed by atoms with Crippen LogP contribution in [0.1, 0.15) is 43.2 Å². The molecule has 0 heterocycles. The van der Waals surface area contributed by atoms with Crippen LogP contribution in [-0.2, 0) is 5.60 Å². The van der Waals surface area contributed by atoms with Gasteiger partial charge in [0.15, 0.2) is 0 Å². The van der Waals surface area contributed by atoms with Gasteiger partial charge < -0.3 is 5.11 Å². The molecular formula is C13H18O. The van der Waals surface area contributed by atoms with Crippen molar-refractivity contribution in [3.05, 3.63) is 35.4 Å². The van der Waals surface area contributed by atoms with E-state index in [1.54, 1.807) is 0 Å². The van der Waals surface area contributed by atoms with E-state index in [4.69, 9.17) is 0 Å². The Morgan fingerprint density at radius 1 is 1.07 bits per heavy atom. The van der Waals surface area contributed by atoms with E-state index in [1.807, 2.05) is 12.1 Å². The molecule has 0 saturated heterocycles. The van der Waals surface area contributed by atoms with Gasteiger partial charge in [0, 0.05) is 0 Å². The predicted octanol–water partition coefficient (Wildman–Crippen LogP) is 3.15. The Labute approximate surface area is 85.8 Å². The zero-order valence-electron chi connectivity index (χ0n) is 8.79. The van der Waals surface area contributed by atoms with Gasteiger partial charge in [0.05, 0.1) is 5.60 Å². The Hall–Kier alpha value is -0.820. The summed E-state index contributed by atoms with van der Waals surface area (Å²) in [5, 5.41) is 10.5. The lowest BCUT2D eigenvalue weighted by Gasteiger charge is -2.33. The van der Waals surface area contributed by atoms with E-state index in [2.05, 4.69) is 19.1 Å². The fourth-order valence-corrected chi connectivity index (χ4v) is 2.50. The number of hydrogen-bond acceptors (Lipinski definition) is 1. The summed E-state index contributed by atoms with van der Waals surface area (Å²) >= 11 is 0. The quantitative estimate of drug-likeness (QED) is 0.721. The number of rotatable bonds is 1. The summed E-state index contributed by atoms with van der Waals surface area (Å²) in [7, 11) is 0. The number of benzene rings is 1. The van der Waals surface area contributed by atoms with Crippen LogP contribution in [0, 0.1) is 6.92 Å². The van der Waals surface area contributed by atoms with Gasteiger partial charge >= 0.3 is 0 Å². The van der Waals surface area contributed by atoms with Crippen molar-refractivity contribution >= 4 is 0 Å². The molecular weight excluding hydrogens is 172 g/mol. The lowest BCUT2D eigenvalue weighted by molar-refractivity contribution is -0.00117. The molecule has 0 amide bonds. The van der Waals surface area contributed by atoms with Crippen LogP contribution >= 0.6 is 0 Å². The highest BCUT2D eigenvalue weighted by molar-refractivity contribution is 5.31. The number of aliphatic hydroxyl groups is 1. The zero-order chi connectivity index (χ0) is 10.0. The van der Waals surface area contributed by atoms with Crippen LogP contribution < -0.4 is 0 Å². The maximum atomic E-state index is 10.5. The van der Waals surface area contributed by atoms with Gasteiger partial charge in [-0.1, -0.05) is 43.5 Å². The molecule has 76 valence electrons. The minimum atomic E-state index is -0.538. The molecule has 0 spiro atoms. The summed E-state index contributed by atoms with van der Waals surface area (Å²) in [5.41, 5.74) is 1.82. The zero-order valence-corrected chi connectivity index (χ0v) is 8.79. The predicted molar refractivity (Wildman–Crippen MR) is 58.2 cm³/mol. The summed E-state index contributed by atoms with van der Waals surface area (Å²) in [6.07, 6.45) is 5.44. The van der Waals surface area contributed by atoms with Gasteiger partial charge in [-0.3, -0.25) is 0 Å². The van der Waals surface area contributed by atoms with Gasteiger partial charge in [-0.25, -0.2) is 0 Å². The molecule has 0 atom stereocenters. The third kappa shape index (κ3) is 1.69. The van der Waals surface area contributed by atoms with E-state index >= 15 is 0 Å². The molecule has 1 saturated carbocycles. The molecule has 0 bridgehead atoms. The second-order valence-electron chi connectivity index (χ2n) is 4.41. The molecule has 1 nitrogen and oxygen atoms in total. The van der Waals surface area contributed by atoms with E-state index in [9.17, 15) is 5.11 Å². The minimum Gasteiger partial charge on any atom is -0.385 e. The van der Waals surface area contributed by atoms with Crippen LogP contribution in [0.4, 0.5) is 0 Å². The highest BCUT2D eigenvalue weighted by Crippen LogP contribution is 2.38. The molecule has 0 unspecified atom stereocenters. The summed E-state index contributed by atoms with van der Waals surface area (Å²) in [6, 6.07) is 8.21. The van der Waals surface area contributed by atoms with E-state index in [0.717, 1.165) is 31.2 Å². The van der Waals surface area contributed by atoms with E-state index in [1.165, 1.54) is 12.0 Å². The van der Waals surface area contributed by atoms with Crippen LogP contribution in [0.2, 0.25) is 0 Å². The first-order valence-electron chi connectivity index (χ1n) is 5.51. The first kappa shape index (κ1) is 9.72. The van der Waals surface area contributed by atoms with Crippen LogP contribution in [0.3, 0.4) is 0 Å². The van der Waals surface area contributed by atoms with Crippen molar-refractivity contribution in [2.45, 2.75) is 44.6 Å². The van der Waals surface area contributed by atoms with Crippen molar-refractivity contribution < 1.29 is 5.11 Å². The van der Waals surface area contributed by atoms with Crippen molar-refractivity contribution in [1.29, 1.82) is 0 Å². The fraction of sp³-hybridized carbons (Fsp3) is 0.538. The number of aryl methyl sites for hydroxylation is 1. The fourth-order valence-electron chi connectivity index (χ4n) is 2.50. The molecule has 1 aromatic carbocycles. The van der Waals surface area contributed by atoms with Gasteiger partial charge in [0.25, 0.3) is 0 Å². The highest BCUT2D eigenvalue weighted by Gasteiger charge is 2.31. The number of hydrogen-bond donors (Lipinski definition) is 1. The lowest BCUT2D eigenvalue weighted by Crippen LogP contribution is -2.29. The molecule has 1 aliphatic carbocycles. The first-order chi connectivity index (χ1) is 6.72. The van der Waals surface area contributed by atoms with Crippen LogP contribution in [-0.4, -0.2) is 5.11 Å². The molecule has 0 aliphatic heterocycles. The Balaban J connectivity index is 2.32. The average molecular weight is 190 g/mol. The molecule has 1 aromatic rings. The highest BCUT2D eigenvalue weighted by atomic mass is 16.3. The largest absolute Gasteiger partial charge is 0.385 e. The third-order valence-corrected chi connectivity index (χ3v) is 3.33. The van der Waals surface area contributed by atoms with Crippen LogP contribution in [0.5, 0.6) is 0 Å². The smallest absolute Gasteiger partial charge is 0.0899 e. The molecule has 1 N–H and O–H groups in total. The Kier molecular flexibility index (Phi) is 2.60. The average Bonchev–Trinajstić information content (AvgIpc) is 2.19. The molecule has 1 aliphatic rings. The molecule has 1 fully saturated rings.